The number of ether oxygens (including phenoxy) is 2. The first-order valence-electron chi connectivity index (χ1n) is 10.1. The van der Waals surface area contributed by atoms with Gasteiger partial charge in [-0.05, 0) is 60.9 Å². The van der Waals surface area contributed by atoms with Crippen molar-refractivity contribution in [3.8, 4) is 22.6 Å². The number of hydrogen-bond acceptors (Lipinski definition) is 4. The van der Waals surface area contributed by atoms with E-state index < -0.39 is 0 Å². The number of methoxy groups -OCH3 is 1. The molecular weight excluding hydrogens is 381 g/mol. The molecule has 0 aliphatic carbocycles. The predicted molar refractivity (Wildman–Crippen MR) is 115 cm³/mol. The summed E-state index contributed by atoms with van der Waals surface area (Å²) in [4.78, 5) is 13.9. The van der Waals surface area contributed by atoms with Crippen LogP contribution in [0.25, 0.3) is 11.1 Å². The standard InChI is InChI=1S/C25H24FNO3/c1-29-25(28)17-20-7-5-15-27(20)19-11-13-21(14-12-19)30-22-8-4-6-18(16-22)23-9-2-3-10-24(23)26/h2-4,6,8-14,16,20H,5,7,15,17H2,1H3. The Morgan fingerprint density at radius 1 is 1.03 bits per heavy atom. The lowest BCUT2D eigenvalue weighted by Crippen LogP contribution is -2.31. The molecule has 0 aromatic heterocycles. The third-order valence-corrected chi connectivity index (χ3v) is 5.43. The molecule has 154 valence electrons. The van der Waals surface area contributed by atoms with Gasteiger partial charge >= 0.3 is 5.97 Å². The van der Waals surface area contributed by atoms with E-state index in [4.69, 9.17) is 9.47 Å². The molecule has 5 heteroatoms. The zero-order valence-electron chi connectivity index (χ0n) is 16.9. The van der Waals surface area contributed by atoms with Crippen molar-refractivity contribution in [2.45, 2.75) is 25.3 Å². The van der Waals surface area contributed by atoms with Crippen LogP contribution >= 0.6 is 0 Å². The summed E-state index contributed by atoms with van der Waals surface area (Å²) in [5, 5.41) is 0. The first-order valence-corrected chi connectivity index (χ1v) is 10.1. The summed E-state index contributed by atoms with van der Waals surface area (Å²) < 4.78 is 24.9. The number of anilines is 1. The molecule has 1 aliphatic heterocycles. The average molecular weight is 405 g/mol. The topological polar surface area (TPSA) is 38.8 Å². The Hall–Kier alpha value is -3.34. The van der Waals surface area contributed by atoms with E-state index in [1.165, 1.54) is 13.2 Å². The monoisotopic (exact) mass is 405 g/mol. The quantitative estimate of drug-likeness (QED) is 0.485. The summed E-state index contributed by atoms with van der Waals surface area (Å²) in [5.74, 6) is 0.911. The number of benzene rings is 3. The molecule has 1 unspecified atom stereocenters. The molecule has 0 amide bonds. The molecule has 0 N–H and O–H groups in total. The minimum atomic E-state index is -0.258. The van der Waals surface area contributed by atoms with Crippen LogP contribution in [0.2, 0.25) is 0 Å². The van der Waals surface area contributed by atoms with Gasteiger partial charge in [0.15, 0.2) is 0 Å². The van der Waals surface area contributed by atoms with Gasteiger partial charge in [0.05, 0.1) is 13.5 Å². The molecule has 0 spiro atoms. The van der Waals surface area contributed by atoms with E-state index in [-0.39, 0.29) is 17.8 Å². The van der Waals surface area contributed by atoms with Gasteiger partial charge in [-0.25, -0.2) is 4.39 Å². The van der Waals surface area contributed by atoms with Crippen LogP contribution in [0.5, 0.6) is 11.5 Å². The first kappa shape index (κ1) is 20.0. The Balaban J connectivity index is 1.47. The van der Waals surface area contributed by atoms with E-state index in [1.807, 2.05) is 54.6 Å². The molecule has 0 saturated carbocycles. The second-order valence-electron chi connectivity index (χ2n) is 7.37. The van der Waals surface area contributed by atoms with Gasteiger partial charge < -0.3 is 14.4 Å². The molecule has 1 fully saturated rings. The molecule has 1 atom stereocenters. The molecule has 3 aromatic carbocycles. The maximum atomic E-state index is 14.1. The zero-order chi connectivity index (χ0) is 20.9. The molecule has 1 aliphatic rings. The highest BCUT2D eigenvalue weighted by Crippen LogP contribution is 2.32. The van der Waals surface area contributed by atoms with Crippen molar-refractivity contribution in [1.82, 2.24) is 0 Å². The third kappa shape index (κ3) is 4.46. The van der Waals surface area contributed by atoms with Gasteiger partial charge in [-0.15, -0.1) is 0 Å². The lowest BCUT2D eigenvalue weighted by molar-refractivity contribution is -0.140. The fourth-order valence-corrected chi connectivity index (χ4v) is 3.93. The summed E-state index contributed by atoms with van der Waals surface area (Å²) in [5.41, 5.74) is 2.38. The Kier molecular flexibility index (Phi) is 5.98. The van der Waals surface area contributed by atoms with Gasteiger partial charge in [-0.2, -0.15) is 0 Å². The van der Waals surface area contributed by atoms with Crippen molar-refractivity contribution in [2.24, 2.45) is 0 Å². The van der Waals surface area contributed by atoms with Gasteiger partial charge in [-0.1, -0.05) is 30.3 Å². The summed E-state index contributed by atoms with van der Waals surface area (Å²) in [6.07, 6.45) is 2.44. The molecule has 30 heavy (non-hydrogen) atoms. The van der Waals surface area contributed by atoms with Crippen LogP contribution in [-0.2, 0) is 9.53 Å². The van der Waals surface area contributed by atoms with Crippen molar-refractivity contribution < 1.29 is 18.7 Å². The van der Waals surface area contributed by atoms with Crippen molar-refractivity contribution in [3.63, 3.8) is 0 Å². The van der Waals surface area contributed by atoms with E-state index in [9.17, 15) is 9.18 Å². The van der Waals surface area contributed by atoms with Crippen LogP contribution in [0, 0.1) is 5.82 Å². The van der Waals surface area contributed by atoms with Crippen LogP contribution in [-0.4, -0.2) is 25.7 Å². The van der Waals surface area contributed by atoms with E-state index >= 15 is 0 Å². The van der Waals surface area contributed by atoms with Crippen molar-refractivity contribution in [2.75, 3.05) is 18.6 Å². The molecule has 4 rings (SSSR count). The minimum absolute atomic E-state index is 0.168. The van der Waals surface area contributed by atoms with E-state index in [1.54, 1.807) is 12.1 Å². The van der Waals surface area contributed by atoms with Gasteiger partial charge in [0.25, 0.3) is 0 Å². The van der Waals surface area contributed by atoms with Gasteiger partial charge in [0.2, 0.25) is 0 Å². The average Bonchev–Trinajstić information content (AvgIpc) is 3.23. The molecule has 1 heterocycles. The number of esters is 1. The van der Waals surface area contributed by atoms with Crippen LogP contribution in [0.1, 0.15) is 19.3 Å². The molecule has 4 nitrogen and oxygen atoms in total. The molecule has 3 aromatic rings. The number of hydrogen-bond donors (Lipinski definition) is 0. The Labute approximate surface area is 175 Å². The number of rotatable bonds is 6. The van der Waals surface area contributed by atoms with Gasteiger partial charge in [0, 0.05) is 23.8 Å². The van der Waals surface area contributed by atoms with Crippen LogP contribution < -0.4 is 9.64 Å². The molecular formula is C25H24FNO3. The largest absolute Gasteiger partial charge is 0.469 e. The maximum Gasteiger partial charge on any atom is 0.307 e. The maximum absolute atomic E-state index is 14.1. The van der Waals surface area contributed by atoms with Gasteiger partial charge in [-0.3, -0.25) is 4.79 Å². The van der Waals surface area contributed by atoms with Crippen LogP contribution in [0.4, 0.5) is 10.1 Å². The summed E-state index contributed by atoms with van der Waals surface area (Å²) >= 11 is 0. The third-order valence-electron chi connectivity index (χ3n) is 5.43. The van der Waals surface area contributed by atoms with Crippen molar-refractivity contribution in [3.05, 3.63) is 78.6 Å². The predicted octanol–water partition coefficient (Wildman–Crippen LogP) is 5.82. The van der Waals surface area contributed by atoms with E-state index in [2.05, 4.69) is 4.90 Å². The van der Waals surface area contributed by atoms with E-state index in [0.717, 1.165) is 30.6 Å². The summed E-state index contributed by atoms with van der Waals surface area (Å²) in [6, 6.07) is 22.1. The van der Waals surface area contributed by atoms with Crippen molar-refractivity contribution >= 4 is 11.7 Å². The normalized spacial score (nSPS) is 15.8. The van der Waals surface area contributed by atoms with E-state index in [0.29, 0.717) is 23.5 Å². The summed E-state index contributed by atoms with van der Waals surface area (Å²) in [6.45, 7) is 0.923. The lowest BCUT2D eigenvalue weighted by atomic mass is 10.1. The number of halogens is 1. The van der Waals surface area contributed by atoms with Gasteiger partial charge in [0.1, 0.15) is 17.3 Å². The summed E-state index contributed by atoms with van der Waals surface area (Å²) in [7, 11) is 1.43. The second-order valence-corrected chi connectivity index (χ2v) is 7.37. The minimum Gasteiger partial charge on any atom is -0.469 e. The number of carbonyl (C=O) groups excluding carboxylic acids is 1. The Morgan fingerprint density at radius 3 is 2.60 bits per heavy atom. The van der Waals surface area contributed by atoms with Crippen LogP contribution in [0.3, 0.4) is 0 Å². The zero-order valence-corrected chi connectivity index (χ0v) is 16.9. The first-order chi connectivity index (χ1) is 14.6. The Morgan fingerprint density at radius 2 is 1.83 bits per heavy atom. The number of carbonyl (C=O) groups is 1. The molecule has 0 radical (unpaired) electrons. The number of nitrogens with zero attached hydrogens (tertiary/aromatic N) is 1. The van der Waals surface area contributed by atoms with Crippen LogP contribution in [0.15, 0.2) is 72.8 Å². The van der Waals surface area contributed by atoms with Crippen molar-refractivity contribution in [1.29, 1.82) is 0 Å². The highest BCUT2D eigenvalue weighted by Gasteiger charge is 2.27. The molecule has 0 bridgehead atoms. The lowest BCUT2D eigenvalue weighted by Gasteiger charge is -2.26. The fraction of sp³-hybridized carbons (Fsp3) is 0.240. The fourth-order valence-electron chi connectivity index (χ4n) is 3.93. The smallest absolute Gasteiger partial charge is 0.307 e. The highest BCUT2D eigenvalue weighted by atomic mass is 19.1. The highest BCUT2D eigenvalue weighted by molar-refractivity contribution is 5.71. The second kappa shape index (κ2) is 8.99. The SMILES string of the molecule is COC(=O)CC1CCCN1c1ccc(Oc2cccc(-c3ccccc3F)c2)cc1. The Bertz CT molecular complexity index is 1020. The molecule has 1 saturated heterocycles.